The predicted octanol–water partition coefficient (Wildman–Crippen LogP) is 4.89. The molecule has 0 bridgehead atoms. The summed E-state index contributed by atoms with van der Waals surface area (Å²) in [6.07, 6.45) is 7.50. The highest BCUT2D eigenvalue weighted by atomic mass is 15.1. The van der Waals surface area contributed by atoms with Crippen molar-refractivity contribution in [2.24, 2.45) is 11.3 Å². The maximum atomic E-state index is 6.40. The molecule has 3 heteroatoms. The van der Waals surface area contributed by atoms with Crippen molar-refractivity contribution >= 4 is 5.82 Å². The first-order valence-electron chi connectivity index (χ1n) is 8.67. The van der Waals surface area contributed by atoms with Gasteiger partial charge in [0, 0.05) is 12.5 Å². The summed E-state index contributed by atoms with van der Waals surface area (Å²) >= 11 is 0. The summed E-state index contributed by atoms with van der Waals surface area (Å²) in [7, 11) is 0. The van der Waals surface area contributed by atoms with E-state index in [1.807, 2.05) is 0 Å². The molecule has 1 aromatic rings. The lowest BCUT2D eigenvalue weighted by Gasteiger charge is -2.36. The number of nitrogens with two attached hydrogens (primary N) is 1. The van der Waals surface area contributed by atoms with Gasteiger partial charge in [0.15, 0.2) is 0 Å². The van der Waals surface area contributed by atoms with Crippen molar-refractivity contribution in [3.05, 3.63) is 11.5 Å². The molecule has 0 saturated heterocycles. The second-order valence-corrected chi connectivity index (χ2v) is 7.85. The molecule has 120 valence electrons. The molecular weight excluding hydrogens is 258 g/mol. The van der Waals surface area contributed by atoms with E-state index in [-0.39, 0.29) is 0 Å². The van der Waals surface area contributed by atoms with Gasteiger partial charge in [0.05, 0.1) is 5.69 Å². The van der Waals surface area contributed by atoms with Gasteiger partial charge in [-0.25, -0.2) is 4.98 Å². The van der Waals surface area contributed by atoms with Crippen LogP contribution in [0.15, 0.2) is 0 Å². The summed E-state index contributed by atoms with van der Waals surface area (Å²) in [5, 5.41) is 0. The minimum atomic E-state index is 0.437. The third-order valence-electron chi connectivity index (χ3n) is 5.30. The van der Waals surface area contributed by atoms with Gasteiger partial charge in [-0.15, -0.1) is 0 Å². The van der Waals surface area contributed by atoms with Crippen LogP contribution in [0, 0.1) is 18.3 Å². The van der Waals surface area contributed by atoms with Crippen LogP contribution in [-0.4, -0.2) is 9.55 Å². The van der Waals surface area contributed by atoms with Crippen molar-refractivity contribution < 1.29 is 0 Å². The SMILES string of the molecule is CCCCn1c(C)nc(C2CCC(C(C)(C)C)CC2)c1N. The van der Waals surface area contributed by atoms with Crippen LogP contribution in [0.1, 0.15) is 83.7 Å². The number of aromatic nitrogens is 2. The Hall–Kier alpha value is -0.990. The minimum Gasteiger partial charge on any atom is -0.384 e. The van der Waals surface area contributed by atoms with Crippen LogP contribution in [0.4, 0.5) is 5.82 Å². The predicted molar refractivity (Wildman–Crippen MR) is 90.4 cm³/mol. The highest BCUT2D eigenvalue weighted by Crippen LogP contribution is 2.44. The monoisotopic (exact) mass is 291 g/mol. The first kappa shape index (κ1) is 16.4. The fourth-order valence-corrected chi connectivity index (χ4v) is 3.74. The Labute approximate surface area is 130 Å². The molecule has 0 amide bonds. The van der Waals surface area contributed by atoms with Gasteiger partial charge < -0.3 is 10.3 Å². The van der Waals surface area contributed by atoms with E-state index in [0.29, 0.717) is 11.3 Å². The van der Waals surface area contributed by atoms with Crippen LogP contribution < -0.4 is 5.73 Å². The van der Waals surface area contributed by atoms with E-state index in [2.05, 4.69) is 39.2 Å². The number of hydrogen-bond acceptors (Lipinski definition) is 2. The van der Waals surface area contributed by atoms with Crippen molar-refractivity contribution in [3.8, 4) is 0 Å². The Bertz CT molecular complexity index is 460. The average molecular weight is 291 g/mol. The van der Waals surface area contributed by atoms with Crippen molar-refractivity contribution in [2.45, 2.75) is 85.6 Å². The highest BCUT2D eigenvalue weighted by molar-refractivity contribution is 5.40. The van der Waals surface area contributed by atoms with E-state index in [0.717, 1.165) is 24.1 Å². The molecule has 2 N–H and O–H groups in total. The number of anilines is 1. The molecule has 1 aliphatic rings. The zero-order chi connectivity index (χ0) is 15.6. The van der Waals surface area contributed by atoms with E-state index in [1.165, 1.54) is 44.2 Å². The Morgan fingerprint density at radius 1 is 1.19 bits per heavy atom. The molecule has 1 saturated carbocycles. The summed E-state index contributed by atoms with van der Waals surface area (Å²) in [5.74, 6) is 3.44. The lowest BCUT2D eigenvalue weighted by Crippen LogP contribution is -2.25. The highest BCUT2D eigenvalue weighted by Gasteiger charge is 2.32. The van der Waals surface area contributed by atoms with Gasteiger partial charge >= 0.3 is 0 Å². The fraction of sp³-hybridized carbons (Fsp3) is 0.833. The normalized spacial score (nSPS) is 23.5. The molecule has 1 aromatic heterocycles. The van der Waals surface area contributed by atoms with Gasteiger partial charge in [-0.3, -0.25) is 0 Å². The largest absolute Gasteiger partial charge is 0.384 e. The van der Waals surface area contributed by atoms with Gasteiger partial charge in [-0.2, -0.15) is 0 Å². The van der Waals surface area contributed by atoms with Crippen LogP contribution in [0.3, 0.4) is 0 Å². The van der Waals surface area contributed by atoms with Crippen LogP contribution in [-0.2, 0) is 6.54 Å². The zero-order valence-electron chi connectivity index (χ0n) is 14.6. The first-order valence-corrected chi connectivity index (χ1v) is 8.67. The number of aryl methyl sites for hydroxylation is 1. The maximum absolute atomic E-state index is 6.40. The Kier molecular flexibility index (Phi) is 5.00. The van der Waals surface area contributed by atoms with E-state index in [9.17, 15) is 0 Å². The molecular formula is C18H33N3. The Morgan fingerprint density at radius 3 is 2.33 bits per heavy atom. The minimum absolute atomic E-state index is 0.437. The van der Waals surface area contributed by atoms with E-state index < -0.39 is 0 Å². The van der Waals surface area contributed by atoms with Crippen LogP contribution in [0.25, 0.3) is 0 Å². The van der Waals surface area contributed by atoms with Gasteiger partial charge in [0.2, 0.25) is 0 Å². The Morgan fingerprint density at radius 2 is 1.81 bits per heavy atom. The molecule has 0 aromatic carbocycles. The number of rotatable bonds is 4. The molecule has 1 fully saturated rings. The smallest absolute Gasteiger partial charge is 0.127 e. The van der Waals surface area contributed by atoms with Gasteiger partial charge in [-0.1, -0.05) is 34.1 Å². The quantitative estimate of drug-likeness (QED) is 0.858. The number of nitrogen functional groups attached to an aromatic ring is 1. The van der Waals surface area contributed by atoms with E-state index >= 15 is 0 Å². The average Bonchev–Trinajstić information content (AvgIpc) is 2.71. The third-order valence-corrected chi connectivity index (χ3v) is 5.30. The van der Waals surface area contributed by atoms with Crippen LogP contribution in [0.2, 0.25) is 0 Å². The second-order valence-electron chi connectivity index (χ2n) is 7.85. The van der Waals surface area contributed by atoms with Crippen molar-refractivity contribution in [1.29, 1.82) is 0 Å². The summed E-state index contributed by atoms with van der Waals surface area (Å²) in [4.78, 5) is 4.81. The molecule has 3 nitrogen and oxygen atoms in total. The maximum Gasteiger partial charge on any atom is 0.127 e. The second kappa shape index (κ2) is 6.41. The van der Waals surface area contributed by atoms with Crippen LogP contribution >= 0.6 is 0 Å². The third kappa shape index (κ3) is 3.61. The van der Waals surface area contributed by atoms with Gasteiger partial charge in [0.25, 0.3) is 0 Å². The molecule has 2 rings (SSSR count). The standard InChI is InChI=1S/C18H33N3/c1-6-7-12-21-13(2)20-16(17(21)19)14-8-10-15(11-9-14)18(3,4)5/h14-15H,6-12,19H2,1-5H3. The van der Waals surface area contributed by atoms with Crippen molar-refractivity contribution in [1.82, 2.24) is 9.55 Å². The molecule has 0 spiro atoms. The molecule has 1 aliphatic carbocycles. The molecule has 0 aliphatic heterocycles. The molecule has 0 radical (unpaired) electrons. The molecule has 1 heterocycles. The molecule has 0 atom stereocenters. The van der Waals surface area contributed by atoms with Crippen molar-refractivity contribution in [3.63, 3.8) is 0 Å². The van der Waals surface area contributed by atoms with Gasteiger partial charge in [0.1, 0.15) is 11.6 Å². The lowest BCUT2D eigenvalue weighted by atomic mass is 9.69. The number of imidazole rings is 1. The van der Waals surface area contributed by atoms with E-state index in [4.69, 9.17) is 10.7 Å². The van der Waals surface area contributed by atoms with E-state index in [1.54, 1.807) is 0 Å². The molecule has 21 heavy (non-hydrogen) atoms. The summed E-state index contributed by atoms with van der Waals surface area (Å²) in [6.45, 7) is 12.4. The fourth-order valence-electron chi connectivity index (χ4n) is 3.74. The lowest BCUT2D eigenvalue weighted by molar-refractivity contribution is 0.168. The number of unbranched alkanes of at least 4 members (excludes halogenated alkanes) is 1. The molecule has 0 unspecified atom stereocenters. The first-order chi connectivity index (χ1) is 9.84. The van der Waals surface area contributed by atoms with Crippen molar-refractivity contribution in [2.75, 3.05) is 5.73 Å². The zero-order valence-corrected chi connectivity index (χ0v) is 14.6. The topological polar surface area (TPSA) is 43.8 Å². The summed E-state index contributed by atoms with van der Waals surface area (Å²) in [6, 6.07) is 0. The van der Waals surface area contributed by atoms with Crippen LogP contribution in [0.5, 0.6) is 0 Å². The Balaban J connectivity index is 2.07. The summed E-state index contributed by atoms with van der Waals surface area (Å²) < 4.78 is 2.22. The summed E-state index contributed by atoms with van der Waals surface area (Å²) in [5.41, 5.74) is 8.01. The number of hydrogen-bond donors (Lipinski definition) is 1. The van der Waals surface area contributed by atoms with Gasteiger partial charge in [-0.05, 0) is 50.4 Å². The number of nitrogens with zero attached hydrogens (tertiary/aromatic N) is 2.